The first-order valence-electron chi connectivity index (χ1n) is 9.54. The van der Waals surface area contributed by atoms with Gasteiger partial charge in [-0.1, -0.05) is 12.8 Å². The molecule has 1 amide bonds. The number of unbranched alkanes of at least 4 members (excludes halogenated alkanes) is 3. The number of nitrogens with zero attached hydrogens (tertiary/aromatic N) is 2. The van der Waals surface area contributed by atoms with Crippen molar-refractivity contribution in [3.63, 3.8) is 0 Å². The Morgan fingerprint density at radius 2 is 1.83 bits per heavy atom. The largest absolute Gasteiger partial charge is 0.465 e. The van der Waals surface area contributed by atoms with E-state index in [4.69, 9.17) is 4.74 Å². The van der Waals surface area contributed by atoms with Gasteiger partial charge in [0.25, 0.3) is 0 Å². The number of rotatable bonds is 10. The summed E-state index contributed by atoms with van der Waals surface area (Å²) < 4.78 is 5.99. The van der Waals surface area contributed by atoms with Crippen LogP contribution in [0.5, 0.6) is 0 Å². The molecule has 0 bridgehead atoms. The maximum Gasteiger partial charge on any atom is 0.407 e. The summed E-state index contributed by atoms with van der Waals surface area (Å²) >= 11 is 0. The van der Waals surface area contributed by atoms with E-state index in [2.05, 4.69) is 4.90 Å². The molecule has 134 valence electrons. The first-order valence-corrected chi connectivity index (χ1v) is 9.54. The lowest BCUT2D eigenvalue weighted by atomic mass is 9.92. The fraction of sp³-hybridized carbons (Fsp3) is 0.944. The Labute approximate surface area is 141 Å². The van der Waals surface area contributed by atoms with E-state index >= 15 is 0 Å². The lowest BCUT2D eigenvalue weighted by Crippen LogP contribution is -2.42. The number of likely N-dealkylation sites (tertiary alicyclic amines) is 1. The fourth-order valence-corrected chi connectivity index (χ4v) is 3.72. The number of hydrogen-bond acceptors (Lipinski definition) is 3. The molecule has 1 aliphatic carbocycles. The van der Waals surface area contributed by atoms with Crippen LogP contribution in [0.4, 0.5) is 4.79 Å². The monoisotopic (exact) mass is 326 g/mol. The van der Waals surface area contributed by atoms with Crippen LogP contribution in [0.25, 0.3) is 0 Å². The summed E-state index contributed by atoms with van der Waals surface area (Å²) in [5.41, 5.74) is 0. The van der Waals surface area contributed by atoms with E-state index in [-0.39, 0.29) is 6.04 Å². The molecule has 0 aromatic carbocycles. The van der Waals surface area contributed by atoms with Crippen molar-refractivity contribution >= 4 is 6.09 Å². The molecule has 1 saturated carbocycles. The molecule has 2 fully saturated rings. The third kappa shape index (κ3) is 6.30. The molecule has 0 aromatic rings. The van der Waals surface area contributed by atoms with Crippen molar-refractivity contribution < 1.29 is 14.6 Å². The Morgan fingerprint density at radius 1 is 1.13 bits per heavy atom. The zero-order valence-corrected chi connectivity index (χ0v) is 14.7. The molecule has 23 heavy (non-hydrogen) atoms. The number of carboxylic acid groups (broad SMARTS) is 1. The molecule has 0 aromatic heterocycles. The second kappa shape index (κ2) is 10.1. The van der Waals surface area contributed by atoms with Crippen LogP contribution in [0.15, 0.2) is 0 Å². The summed E-state index contributed by atoms with van der Waals surface area (Å²) in [5.74, 6) is 0. The van der Waals surface area contributed by atoms with Gasteiger partial charge in [0.1, 0.15) is 0 Å². The molecule has 2 rings (SSSR count). The molecule has 5 heteroatoms. The third-order valence-corrected chi connectivity index (χ3v) is 5.34. The summed E-state index contributed by atoms with van der Waals surface area (Å²) in [5, 5.41) is 9.18. The molecule has 2 aliphatic rings. The Kier molecular flexibility index (Phi) is 8.17. The van der Waals surface area contributed by atoms with Crippen LogP contribution in [0.2, 0.25) is 0 Å². The quantitative estimate of drug-likeness (QED) is 0.624. The maximum atomic E-state index is 11.2. The van der Waals surface area contributed by atoms with Crippen molar-refractivity contribution in [2.45, 2.75) is 76.9 Å². The predicted octanol–water partition coefficient (Wildman–Crippen LogP) is 3.58. The normalized spacial score (nSPS) is 25.1. The summed E-state index contributed by atoms with van der Waals surface area (Å²) in [4.78, 5) is 15.3. The van der Waals surface area contributed by atoms with Crippen molar-refractivity contribution in [2.24, 2.45) is 0 Å². The maximum absolute atomic E-state index is 11.2. The minimum absolute atomic E-state index is 0.193. The number of hydrogen-bond donors (Lipinski definition) is 1. The van der Waals surface area contributed by atoms with Crippen molar-refractivity contribution in [1.29, 1.82) is 0 Å². The lowest BCUT2D eigenvalue weighted by Gasteiger charge is -2.34. The van der Waals surface area contributed by atoms with Gasteiger partial charge in [-0.3, -0.25) is 0 Å². The van der Waals surface area contributed by atoms with Crippen LogP contribution in [-0.2, 0) is 4.74 Å². The van der Waals surface area contributed by atoms with Crippen molar-refractivity contribution in [3.8, 4) is 0 Å². The van der Waals surface area contributed by atoms with Crippen molar-refractivity contribution in [1.82, 2.24) is 9.80 Å². The summed E-state index contributed by atoms with van der Waals surface area (Å²) in [7, 11) is 0. The van der Waals surface area contributed by atoms with Gasteiger partial charge in [0.15, 0.2) is 0 Å². The molecular formula is C18H34N2O3. The summed E-state index contributed by atoms with van der Waals surface area (Å²) in [6.07, 6.45) is 9.92. The van der Waals surface area contributed by atoms with E-state index < -0.39 is 6.09 Å². The zero-order chi connectivity index (χ0) is 16.5. The minimum atomic E-state index is -0.782. The van der Waals surface area contributed by atoms with Gasteiger partial charge in [0.2, 0.25) is 0 Å². The highest BCUT2D eigenvalue weighted by Crippen LogP contribution is 2.25. The first-order chi connectivity index (χ1) is 11.2. The smallest absolute Gasteiger partial charge is 0.407 e. The summed E-state index contributed by atoms with van der Waals surface area (Å²) in [6, 6.07) is 0.193. The minimum Gasteiger partial charge on any atom is -0.465 e. The van der Waals surface area contributed by atoms with Crippen molar-refractivity contribution in [2.75, 3.05) is 32.8 Å². The number of ether oxygens (including phenoxy) is 1. The second-order valence-corrected chi connectivity index (χ2v) is 6.98. The number of amides is 1. The molecule has 0 unspecified atom stereocenters. The average Bonchev–Trinajstić information content (AvgIpc) is 2.50. The van der Waals surface area contributed by atoms with Gasteiger partial charge < -0.3 is 19.6 Å². The van der Waals surface area contributed by atoms with E-state index in [1.165, 1.54) is 45.3 Å². The Bertz CT molecular complexity index is 339. The van der Waals surface area contributed by atoms with E-state index in [1.54, 1.807) is 4.90 Å². The van der Waals surface area contributed by atoms with Gasteiger partial charge in [-0.15, -0.1) is 0 Å². The van der Waals surface area contributed by atoms with Crippen LogP contribution in [0.3, 0.4) is 0 Å². The molecule has 0 spiro atoms. The molecule has 0 radical (unpaired) electrons. The fourth-order valence-electron chi connectivity index (χ4n) is 3.72. The van der Waals surface area contributed by atoms with Crippen LogP contribution in [-0.4, -0.2) is 65.9 Å². The molecule has 5 nitrogen and oxygen atoms in total. The molecule has 1 heterocycles. The highest BCUT2D eigenvalue weighted by Gasteiger charge is 2.27. The van der Waals surface area contributed by atoms with Gasteiger partial charge >= 0.3 is 6.09 Å². The standard InChI is InChI=1S/C18H34N2O3/c1-2-20(18(21)22)16-8-10-17(11-9-16)23-15-6-4-3-5-12-19-13-7-14-19/h16-17H,2-15H2,1H3,(H,21,22). The third-order valence-electron chi connectivity index (χ3n) is 5.34. The van der Waals surface area contributed by atoms with Gasteiger partial charge in [0.05, 0.1) is 6.10 Å². The Balaban J connectivity index is 1.45. The van der Waals surface area contributed by atoms with Gasteiger partial charge in [-0.25, -0.2) is 4.79 Å². The molecule has 1 aliphatic heterocycles. The molecular weight excluding hydrogens is 292 g/mol. The van der Waals surface area contributed by atoms with Gasteiger partial charge in [-0.2, -0.15) is 0 Å². The van der Waals surface area contributed by atoms with E-state index in [0.29, 0.717) is 12.6 Å². The van der Waals surface area contributed by atoms with Gasteiger partial charge in [0, 0.05) is 19.2 Å². The van der Waals surface area contributed by atoms with E-state index in [0.717, 1.165) is 38.7 Å². The van der Waals surface area contributed by atoms with Gasteiger partial charge in [-0.05, 0) is 71.5 Å². The average molecular weight is 326 g/mol. The molecule has 0 atom stereocenters. The van der Waals surface area contributed by atoms with E-state index in [9.17, 15) is 9.90 Å². The van der Waals surface area contributed by atoms with Crippen molar-refractivity contribution in [3.05, 3.63) is 0 Å². The Morgan fingerprint density at radius 3 is 2.39 bits per heavy atom. The predicted molar refractivity (Wildman–Crippen MR) is 91.9 cm³/mol. The van der Waals surface area contributed by atoms with Crippen LogP contribution in [0, 0.1) is 0 Å². The van der Waals surface area contributed by atoms with Crippen LogP contribution in [0.1, 0.15) is 64.7 Å². The molecule has 1 N–H and O–H groups in total. The molecule has 1 saturated heterocycles. The highest BCUT2D eigenvalue weighted by atomic mass is 16.5. The van der Waals surface area contributed by atoms with Crippen LogP contribution < -0.4 is 0 Å². The SMILES string of the molecule is CCN(C(=O)O)C1CCC(OCCCCCCN2CCC2)CC1. The highest BCUT2D eigenvalue weighted by molar-refractivity contribution is 5.65. The second-order valence-electron chi connectivity index (χ2n) is 6.98. The van der Waals surface area contributed by atoms with Crippen LogP contribution >= 0.6 is 0 Å². The zero-order valence-electron chi connectivity index (χ0n) is 14.7. The topological polar surface area (TPSA) is 53.0 Å². The van der Waals surface area contributed by atoms with E-state index in [1.807, 2.05) is 6.92 Å². The first kappa shape index (κ1) is 18.5. The lowest BCUT2D eigenvalue weighted by molar-refractivity contribution is 0.00759. The number of carbonyl (C=O) groups is 1. The Hall–Kier alpha value is -0.810. The summed E-state index contributed by atoms with van der Waals surface area (Å²) in [6.45, 7) is 7.27.